The van der Waals surface area contributed by atoms with Crippen molar-refractivity contribution in [3.05, 3.63) is 23.6 Å². The van der Waals surface area contributed by atoms with Gasteiger partial charge in [-0.1, -0.05) is 6.92 Å². The first kappa shape index (κ1) is 12.3. The molecule has 5 heteroatoms. The number of hydrogen-bond donors (Lipinski definition) is 1. The molecule has 94 valence electrons. The highest BCUT2D eigenvalue weighted by Gasteiger charge is 2.25. The molecule has 4 nitrogen and oxygen atoms in total. The molecule has 0 aromatic carbocycles. The molecule has 1 aromatic rings. The highest BCUT2D eigenvalue weighted by molar-refractivity contribution is 5.44. The van der Waals surface area contributed by atoms with Crippen molar-refractivity contribution in [1.82, 2.24) is 4.98 Å². The predicted octanol–water partition coefficient (Wildman–Crippen LogP) is 1.29. The second kappa shape index (κ2) is 5.42. The van der Waals surface area contributed by atoms with Crippen LogP contribution in [0.25, 0.3) is 0 Å². The minimum absolute atomic E-state index is 0.193. The lowest BCUT2D eigenvalue weighted by Crippen LogP contribution is -2.46. The molecule has 0 spiro atoms. The lowest BCUT2D eigenvalue weighted by molar-refractivity contribution is 0.0921. The fourth-order valence-corrected chi connectivity index (χ4v) is 2.10. The predicted molar refractivity (Wildman–Crippen MR) is 64.3 cm³/mol. The Morgan fingerprint density at radius 3 is 3.18 bits per heavy atom. The fraction of sp³-hybridized carbons (Fsp3) is 0.583. The molecule has 1 aliphatic rings. The molecule has 0 bridgehead atoms. The van der Waals surface area contributed by atoms with Gasteiger partial charge in [0.25, 0.3) is 0 Å². The molecule has 1 atom stereocenters. The maximum Gasteiger partial charge on any atom is 0.170 e. The van der Waals surface area contributed by atoms with Crippen LogP contribution in [0.4, 0.5) is 10.2 Å². The fourth-order valence-electron chi connectivity index (χ4n) is 2.10. The van der Waals surface area contributed by atoms with E-state index in [0.29, 0.717) is 31.1 Å². The first-order valence-corrected chi connectivity index (χ1v) is 5.95. The summed E-state index contributed by atoms with van der Waals surface area (Å²) in [6, 6.07) is 1.82. The molecule has 0 amide bonds. The van der Waals surface area contributed by atoms with Crippen molar-refractivity contribution >= 4 is 5.82 Å². The molecular formula is C12H18FN3O. The molecule has 0 radical (unpaired) electrons. The van der Waals surface area contributed by atoms with Gasteiger partial charge < -0.3 is 15.4 Å². The summed E-state index contributed by atoms with van der Waals surface area (Å²) in [5.74, 6) is 0.110. The molecule has 0 saturated carbocycles. The van der Waals surface area contributed by atoms with Crippen LogP contribution in [-0.4, -0.2) is 30.8 Å². The Labute approximate surface area is 101 Å². The van der Waals surface area contributed by atoms with Crippen LogP contribution in [-0.2, 0) is 11.3 Å². The van der Waals surface area contributed by atoms with Crippen molar-refractivity contribution in [3.63, 3.8) is 0 Å². The third-order valence-corrected chi connectivity index (χ3v) is 3.14. The number of nitrogens with zero attached hydrogens (tertiary/aromatic N) is 2. The Kier molecular flexibility index (Phi) is 3.91. The molecular weight excluding hydrogens is 221 g/mol. The van der Waals surface area contributed by atoms with E-state index in [0.717, 1.165) is 6.42 Å². The largest absolute Gasteiger partial charge is 0.377 e. The van der Waals surface area contributed by atoms with Crippen LogP contribution in [0.2, 0.25) is 0 Å². The molecule has 0 aliphatic carbocycles. The number of ether oxygens (including phenoxy) is 1. The van der Waals surface area contributed by atoms with E-state index in [9.17, 15) is 4.39 Å². The van der Waals surface area contributed by atoms with E-state index in [1.54, 1.807) is 12.3 Å². The van der Waals surface area contributed by atoms with E-state index in [1.807, 2.05) is 4.90 Å². The van der Waals surface area contributed by atoms with Gasteiger partial charge in [0, 0.05) is 24.8 Å². The number of morpholine rings is 1. The van der Waals surface area contributed by atoms with E-state index in [4.69, 9.17) is 10.5 Å². The van der Waals surface area contributed by atoms with Gasteiger partial charge in [0.2, 0.25) is 0 Å². The summed E-state index contributed by atoms with van der Waals surface area (Å²) in [6.07, 6.45) is 2.52. The first-order valence-electron chi connectivity index (χ1n) is 5.95. The maximum atomic E-state index is 14.1. The van der Waals surface area contributed by atoms with Crippen molar-refractivity contribution in [1.29, 1.82) is 0 Å². The third kappa shape index (κ3) is 2.40. The summed E-state index contributed by atoms with van der Waals surface area (Å²) >= 11 is 0. The van der Waals surface area contributed by atoms with Crippen LogP contribution in [0.1, 0.15) is 18.9 Å². The summed E-state index contributed by atoms with van der Waals surface area (Å²) in [4.78, 5) is 6.13. The van der Waals surface area contributed by atoms with Crippen molar-refractivity contribution < 1.29 is 9.13 Å². The van der Waals surface area contributed by atoms with Crippen LogP contribution in [0.3, 0.4) is 0 Å². The molecule has 2 rings (SSSR count). The Hall–Kier alpha value is -1.20. The molecule has 1 aromatic heterocycles. The van der Waals surface area contributed by atoms with Gasteiger partial charge in [-0.05, 0) is 12.5 Å². The van der Waals surface area contributed by atoms with Gasteiger partial charge in [0.05, 0.1) is 19.3 Å². The highest BCUT2D eigenvalue weighted by atomic mass is 19.1. The van der Waals surface area contributed by atoms with E-state index in [-0.39, 0.29) is 18.4 Å². The van der Waals surface area contributed by atoms with Crippen LogP contribution in [0.15, 0.2) is 12.3 Å². The Balaban J connectivity index is 2.31. The quantitative estimate of drug-likeness (QED) is 0.863. The van der Waals surface area contributed by atoms with Crippen LogP contribution < -0.4 is 10.6 Å². The monoisotopic (exact) mass is 239 g/mol. The molecule has 1 fully saturated rings. The molecule has 1 unspecified atom stereocenters. The summed E-state index contributed by atoms with van der Waals surface area (Å²) in [5, 5.41) is 0. The van der Waals surface area contributed by atoms with E-state index in [1.165, 1.54) is 0 Å². The van der Waals surface area contributed by atoms with Crippen LogP contribution in [0, 0.1) is 5.82 Å². The van der Waals surface area contributed by atoms with Gasteiger partial charge in [0.15, 0.2) is 11.6 Å². The Bertz CT molecular complexity index is 386. The van der Waals surface area contributed by atoms with Gasteiger partial charge >= 0.3 is 0 Å². The van der Waals surface area contributed by atoms with Crippen molar-refractivity contribution in [2.24, 2.45) is 5.73 Å². The molecule has 1 saturated heterocycles. The maximum absolute atomic E-state index is 14.1. The van der Waals surface area contributed by atoms with E-state index >= 15 is 0 Å². The van der Waals surface area contributed by atoms with Crippen molar-refractivity contribution in [2.75, 3.05) is 24.7 Å². The minimum atomic E-state index is -0.296. The number of pyridine rings is 1. The average Bonchev–Trinajstić information content (AvgIpc) is 2.39. The molecule has 17 heavy (non-hydrogen) atoms. The zero-order valence-electron chi connectivity index (χ0n) is 10.0. The normalized spacial score (nSPS) is 20.6. The summed E-state index contributed by atoms with van der Waals surface area (Å²) in [5.41, 5.74) is 6.02. The van der Waals surface area contributed by atoms with Gasteiger partial charge in [-0.3, -0.25) is 0 Å². The van der Waals surface area contributed by atoms with E-state index in [2.05, 4.69) is 11.9 Å². The second-order valence-electron chi connectivity index (χ2n) is 4.14. The number of aromatic nitrogens is 1. The number of halogens is 1. The number of hydrogen-bond acceptors (Lipinski definition) is 4. The SMILES string of the molecule is CCC1COCCN1c1nccc(CN)c1F. The van der Waals surface area contributed by atoms with Crippen molar-refractivity contribution in [2.45, 2.75) is 25.9 Å². The average molecular weight is 239 g/mol. The number of rotatable bonds is 3. The highest BCUT2D eigenvalue weighted by Crippen LogP contribution is 2.24. The Morgan fingerprint density at radius 1 is 1.65 bits per heavy atom. The first-order chi connectivity index (χ1) is 8.27. The van der Waals surface area contributed by atoms with Gasteiger partial charge in [-0.25, -0.2) is 9.37 Å². The summed E-state index contributed by atoms with van der Waals surface area (Å²) in [6.45, 7) is 4.19. The van der Waals surface area contributed by atoms with Crippen LogP contribution in [0.5, 0.6) is 0 Å². The zero-order valence-corrected chi connectivity index (χ0v) is 10.0. The third-order valence-electron chi connectivity index (χ3n) is 3.14. The number of nitrogens with two attached hydrogens (primary N) is 1. The zero-order chi connectivity index (χ0) is 12.3. The number of anilines is 1. The summed E-state index contributed by atoms with van der Waals surface area (Å²) in [7, 11) is 0. The van der Waals surface area contributed by atoms with Gasteiger partial charge in [-0.15, -0.1) is 0 Å². The van der Waals surface area contributed by atoms with E-state index < -0.39 is 0 Å². The smallest absolute Gasteiger partial charge is 0.170 e. The lowest BCUT2D eigenvalue weighted by Gasteiger charge is -2.36. The minimum Gasteiger partial charge on any atom is -0.377 e. The lowest BCUT2D eigenvalue weighted by atomic mass is 10.1. The van der Waals surface area contributed by atoms with Crippen LogP contribution >= 0.6 is 0 Å². The molecule has 1 aliphatic heterocycles. The Morgan fingerprint density at radius 2 is 2.47 bits per heavy atom. The summed E-state index contributed by atoms with van der Waals surface area (Å²) < 4.78 is 19.5. The molecule has 2 N–H and O–H groups in total. The second-order valence-corrected chi connectivity index (χ2v) is 4.14. The topological polar surface area (TPSA) is 51.4 Å². The van der Waals surface area contributed by atoms with Gasteiger partial charge in [0.1, 0.15) is 0 Å². The van der Waals surface area contributed by atoms with Gasteiger partial charge in [-0.2, -0.15) is 0 Å². The van der Waals surface area contributed by atoms with Crippen molar-refractivity contribution in [3.8, 4) is 0 Å². The standard InChI is InChI=1S/C12H18FN3O/c1-2-10-8-17-6-5-16(10)12-11(13)9(7-14)3-4-15-12/h3-4,10H,2,5-8,14H2,1H3. The molecule has 2 heterocycles.